The van der Waals surface area contributed by atoms with Crippen molar-refractivity contribution in [2.75, 3.05) is 6.54 Å². The number of rotatable bonds is 6. The van der Waals surface area contributed by atoms with Crippen molar-refractivity contribution in [1.82, 2.24) is 24.6 Å². The summed E-state index contributed by atoms with van der Waals surface area (Å²) in [6, 6.07) is 5.22. The van der Waals surface area contributed by atoms with Crippen LogP contribution < -0.4 is 0 Å². The summed E-state index contributed by atoms with van der Waals surface area (Å²) in [6.07, 6.45) is 5.65. The van der Waals surface area contributed by atoms with Gasteiger partial charge in [0.05, 0.1) is 18.4 Å². The third-order valence-corrected chi connectivity index (χ3v) is 5.31. The molecule has 1 aromatic carbocycles. The maximum atomic E-state index is 12.7. The predicted molar refractivity (Wildman–Crippen MR) is 99.6 cm³/mol. The summed E-state index contributed by atoms with van der Waals surface area (Å²) in [7, 11) is 0. The van der Waals surface area contributed by atoms with Gasteiger partial charge >= 0.3 is 6.18 Å². The van der Waals surface area contributed by atoms with Gasteiger partial charge in [0.2, 0.25) is 11.7 Å². The number of aryl methyl sites for hydroxylation is 1. The second-order valence-corrected chi connectivity index (χ2v) is 7.30. The molecule has 1 aliphatic rings. The van der Waals surface area contributed by atoms with E-state index in [4.69, 9.17) is 4.52 Å². The van der Waals surface area contributed by atoms with Crippen LogP contribution in [0.2, 0.25) is 0 Å². The van der Waals surface area contributed by atoms with Crippen molar-refractivity contribution in [3.05, 3.63) is 54.4 Å². The van der Waals surface area contributed by atoms with E-state index in [0.29, 0.717) is 29.9 Å². The quantitative estimate of drug-likeness (QED) is 0.609. The highest BCUT2D eigenvalue weighted by Gasteiger charge is 2.30. The number of hydrogen-bond donors (Lipinski definition) is 0. The van der Waals surface area contributed by atoms with Crippen molar-refractivity contribution in [3.63, 3.8) is 0 Å². The van der Waals surface area contributed by atoms with Gasteiger partial charge in [-0.05, 0) is 37.9 Å². The highest BCUT2D eigenvalue weighted by atomic mass is 19.4. The van der Waals surface area contributed by atoms with Crippen molar-refractivity contribution < 1.29 is 17.7 Å². The van der Waals surface area contributed by atoms with E-state index in [0.717, 1.165) is 44.5 Å². The van der Waals surface area contributed by atoms with Crippen LogP contribution in [0.15, 0.2) is 47.5 Å². The Hall–Kier alpha value is -2.68. The Morgan fingerprint density at radius 2 is 1.97 bits per heavy atom. The number of benzene rings is 1. The molecule has 0 N–H and O–H groups in total. The van der Waals surface area contributed by atoms with E-state index < -0.39 is 11.7 Å². The van der Waals surface area contributed by atoms with Crippen LogP contribution in [0.3, 0.4) is 0 Å². The molecule has 3 heterocycles. The number of hydrogen-bond acceptors (Lipinski definition) is 5. The van der Waals surface area contributed by atoms with Crippen LogP contribution in [0.25, 0.3) is 11.4 Å². The summed E-state index contributed by atoms with van der Waals surface area (Å²) >= 11 is 0. The number of imidazole rings is 1. The number of piperidine rings is 1. The van der Waals surface area contributed by atoms with Gasteiger partial charge in [-0.2, -0.15) is 18.2 Å². The van der Waals surface area contributed by atoms with Gasteiger partial charge in [0.15, 0.2) is 0 Å². The lowest BCUT2D eigenvalue weighted by atomic mass is 9.99. The van der Waals surface area contributed by atoms with Gasteiger partial charge in [0, 0.05) is 30.5 Å². The lowest BCUT2D eigenvalue weighted by molar-refractivity contribution is -0.137. The van der Waals surface area contributed by atoms with Crippen LogP contribution >= 0.6 is 0 Å². The Balaban J connectivity index is 1.40. The molecule has 154 valence electrons. The van der Waals surface area contributed by atoms with E-state index in [1.807, 2.05) is 12.5 Å². The molecule has 1 atom stereocenters. The van der Waals surface area contributed by atoms with Crippen LogP contribution in [0.5, 0.6) is 0 Å². The normalized spacial score (nSPS) is 18.2. The second-order valence-electron chi connectivity index (χ2n) is 7.30. The maximum Gasteiger partial charge on any atom is 0.416 e. The molecule has 29 heavy (non-hydrogen) atoms. The minimum Gasteiger partial charge on any atom is -0.338 e. The summed E-state index contributed by atoms with van der Waals surface area (Å²) in [5, 5.41) is 3.95. The SMILES string of the molecule is FC(F)(F)c1ccc(-c2noc(CN3CCCCC3CCn3ccnc3)n2)cc1. The number of likely N-dealkylation sites (tertiary alicyclic amines) is 1. The zero-order chi connectivity index (χ0) is 20.3. The van der Waals surface area contributed by atoms with Gasteiger partial charge in [-0.3, -0.25) is 4.90 Å². The molecule has 0 aliphatic carbocycles. The molecule has 9 heteroatoms. The van der Waals surface area contributed by atoms with Crippen LogP contribution in [0.4, 0.5) is 13.2 Å². The zero-order valence-electron chi connectivity index (χ0n) is 15.8. The first-order valence-electron chi connectivity index (χ1n) is 9.69. The molecule has 0 radical (unpaired) electrons. The van der Waals surface area contributed by atoms with E-state index in [-0.39, 0.29) is 0 Å². The lowest BCUT2D eigenvalue weighted by Crippen LogP contribution is -2.39. The molecule has 4 rings (SSSR count). The van der Waals surface area contributed by atoms with Gasteiger partial charge < -0.3 is 9.09 Å². The van der Waals surface area contributed by atoms with Crippen molar-refractivity contribution in [1.29, 1.82) is 0 Å². The first kappa shape index (κ1) is 19.6. The van der Waals surface area contributed by atoms with E-state index in [9.17, 15) is 13.2 Å². The van der Waals surface area contributed by atoms with E-state index >= 15 is 0 Å². The Kier molecular flexibility index (Phi) is 5.66. The van der Waals surface area contributed by atoms with E-state index in [2.05, 4.69) is 24.6 Å². The van der Waals surface area contributed by atoms with Crippen LogP contribution in [-0.2, 0) is 19.3 Å². The van der Waals surface area contributed by atoms with Crippen LogP contribution in [0.1, 0.15) is 37.1 Å². The van der Waals surface area contributed by atoms with Gasteiger partial charge in [-0.1, -0.05) is 23.7 Å². The fourth-order valence-electron chi connectivity index (χ4n) is 3.73. The summed E-state index contributed by atoms with van der Waals surface area (Å²) in [4.78, 5) is 10.8. The lowest BCUT2D eigenvalue weighted by Gasteiger charge is -2.34. The Bertz CT molecular complexity index is 905. The molecule has 1 saturated heterocycles. The van der Waals surface area contributed by atoms with Crippen molar-refractivity contribution in [2.45, 2.75) is 51.0 Å². The second kappa shape index (κ2) is 8.36. The smallest absolute Gasteiger partial charge is 0.338 e. The van der Waals surface area contributed by atoms with Crippen LogP contribution in [0, 0.1) is 0 Å². The average molecular weight is 405 g/mol. The number of aromatic nitrogens is 4. The fourth-order valence-corrected chi connectivity index (χ4v) is 3.73. The molecular weight excluding hydrogens is 383 g/mol. The van der Waals surface area contributed by atoms with Gasteiger partial charge in [-0.25, -0.2) is 4.98 Å². The molecule has 1 unspecified atom stereocenters. The molecule has 1 aliphatic heterocycles. The predicted octanol–water partition coefficient (Wildman–Crippen LogP) is 4.40. The first-order chi connectivity index (χ1) is 14.0. The summed E-state index contributed by atoms with van der Waals surface area (Å²) in [5.74, 6) is 0.787. The minimum absolute atomic E-state index is 0.306. The van der Waals surface area contributed by atoms with E-state index in [1.54, 1.807) is 6.20 Å². The molecule has 1 fully saturated rings. The van der Waals surface area contributed by atoms with Gasteiger partial charge in [0.1, 0.15) is 0 Å². The largest absolute Gasteiger partial charge is 0.416 e. The summed E-state index contributed by atoms with van der Waals surface area (Å²) in [6.45, 7) is 2.41. The number of halogens is 3. The highest BCUT2D eigenvalue weighted by molar-refractivity contribution is 5.54. The Morgan fingerprint density at radius 1 is 1.14 bits per heavy atom. The molecule has 6 nitrogen and oxygen atoms in total. The third-order valence-electron chi connectivity index (χ3n) is 5.31. The molecule has 3 aromatic rings. The van der Waals surface area contributed by atoms with Crippen LogP contribution in [-0.4, -0.2) is 37.2 Å². The monoisotopic (exact) mass is 405 g/mol. The Labute approximate surface area is 166 Å². The van der Waals surface area contributed by atoms with Gasteiger partial charge in [-0.15, -0.1) is 0 Å². The topological polar surface area (TPSA) is 60.0 Å². The molecule has 0 bridgehead atoms. The van der Waals surface area contributed by atoms with Gasteiger partial charge in [0.25, 0.3) is 0 Å². The zero-order valence-corrected chi connectivity index (χ0v) is 15.8. The van der Waals surface area contributed by atoms with Crippen molar-refractivity contribution in [3.8, 4) is 11.4 Å². The van der Waals surface area contributed by atoms with E-state index in [1.165, 1.54) is 18.6 Å². The summed E-state index contributed by atoms with van der Waals surface area (Å²) in [5.41, 5.74) is -0.192. The fraction of sp³-hybridized carbons (Fsp3) is 0.450. The highest BCUT2D eigenvalue weighted by Crippen LogP contribution is 2.30. The Morgan fingerprint density at radius 3 is 2.69 bits per heavy atom. The maximum absolute atomic E-state index is 12.7. The molecule has 2 aromatic heterocycles. The minimum atomic E-state index is -4.36. The third kappa shape index (κ3) is 4.84. The van der Waals surface area contributed by atoms with Crippen molar-refractivity contribution >= 4 is 0 Å². The molecule has 0 amide bonds. The van der Waals surface area contributed by atoms with Crippen molar-refractivity contribution in [2.24, 2.45) is 0 Å². The first-order valence-corrected chi connectivity index (χ1v) is 9.69. The molecule has 0 spiro atoms. The standard InChI is InChI=1S/C20H22F3N5O/c21-20(22,23)16-6-4-15(5-7-16)19-25-18(29-26-19)13-28-10-2-1-3-17(28)8-11-27-12-9-24-14-27/h4-7,9,12,14,17H,1-3,8,10-11,13H2. The number of nitrogens with zero attached hydrogens (tertiary/aromatic N) is 5. The average Bonchev–Trinajstić information content (AvgIpc) is 3.39. The molecule has 0 saturated carbocycles. The summed E-state index contributed by atoms with van der Waals surface area (Å²) < 4.78 is 45.6. The molecular formula is C20H22F3N5O. The number of alkyl halides is 3.